The van der Waals surface area contributed by atoms with Crippen molar-refractivity contribution >= 4 is 29.0 Å². The number of carbonyl (C=O) groups excluding carboxylic acids is 3. The smallest absolute Gasteiger partial charge is 0.238 e. The maximum atomic E-state index is 13.7. The summed E-state index contributed by atoms with van der Waals surface area (Å²) in [5.74, 6) is -6.04. The highest BCUT2D eigenvalue weighted by molar-refractivity contribution is 6.13. The molecular formula is C24H20F3N3O3. The molecule has 0 aliphatic heterocycles. The molecule has 0 aliphatic rings. The number of rotatable bonds is 8. The molecule has 170 valence electrons. The van der Waals surface area contributed by atoms with E-state index >= 15 is 0 Å². The molecule has 0 bridgehead atoms. The molecule has 0 saturated heterocycles. The van der Waals surface area contributed by atoms with Crippen LogP contribution in [-0.4, -0.2) is 42.6 Å². The fourth-order valence-electron chi connectivity index (χ4n) is 3.08. The number of anilines is 2. The van der Waals surface area contributed by atoms with Gasteiger partial charge in [0.05, 0.1) is 24.5 Å². The number of nitrogens with zero attached hydrogens (tertiary/aromatic N) is 1. The van der Waals surface area contributed by atoms with E-state index in [1.54, 1.807) is 54.6 Å². The molecule has 6 nitrogen and oxygen atoms in total. The van der Waals surface area contributed by atoms with Crippen LogP contribution in [0.1, 0.15) is 15.9 Å². The Labute approximate surface area is 188 Å². The second-order valence-corrected chi connectivity index (χ2v) is 7.23. The number of hydrogen-bond donors (Lipinski definition) is 2. The van der Waals surface area contributed by atoms with Crippen molar-refractivity contribution < 1.29 is 27.6 Å². The van der Waals surface area contributed by atoms with E-state index in [0.717, 1.165) is 6.07 Å². The SMILES string of the molecule is CN(CC(=O)Nc1ccccc1C(=O)c1ccccc1)CC(=O)Nc1ccc(F)c(F)c1F. The zero-order valence-corrected chi connectivity index (χ0v) is 17.6. The van der Waals surface area contributed by atoms with Gasteiger partial charge in [-0.1, -0.05) is 42.5 Å². The summed E-state index contributed by atoms with van der Waals surface area (Å²) in [4.78, 5) is 38.7. The van der Waals surface area contributed by atoms with Crippen molar-refractivity contribution in [2.24, 2.45) is 0 Å². The maximum absolute atomic E-state index is 13.7. The van der Waals surface area contributed by atoms with Gasteiger partial charge in [-0.3, -0.25) is 19.3 Å². The van der Waals surface area contributed by atoms with Crippen LogP contribution in [0.3, 0.4) is 0 Å². The van der Waals surface area contributed by atoms with Gasteiger partial charge in [0.1, 0.15) is 0 Å². The van der Waals surface area contributed by atoms with Crippen LogP contribution in [0.4, 0.5) is 24.5 Å². The van der Waals surface area contributed by atoms with Gasteiger partial charge in [0.15, 0.2) is 23.2 Å². The normalized spacial score (nSPS) is 10.7. The Morgan fingerprint density at radius 3 is 1.97 bits per heavy atom. The van der Waals surface area contributed by atoms with E-state index in [0.29, 0.717) is 22.9 Å². The van der Waals surface area contributed by atoms with Crippen LogP contribution >= 0.6 is 0 Å². The van der Waals surface area contributed by atoms with Crippen LogP contribution in [0.5, 0.6) is 0 Å². The second-order valence-electron chi connectivity index (χ2n) is 7.23. The van der Waals surface area contributed by atoms with Gasteiger partial charge in [-0.15, -0.1) is 0 Å². The summed E-state index contributed by atoms with van der Waals surface area (Å²) in [5, 5.41) is 4.79. The minimum absolute atomic E-state index is 0.221. The Bertz CT molecular complexity index is 1190. The summed E-state index contributed by atoms with van der Waals surface area (Å²) >= 11 is 0. The van der Waals surface area contributed by atoms with E-state index in [9.17, 15) is 27.6 Å². The zero-order valence-electron chi connectivity index (χ0n) is 17.6. The van der Waals surface area contributed by atoms with Crippen LogP contribution in [0.2, 0.25) is 0 Å². The third-order valence-electron chi connectivity index (χ3n) is 4.62. The molecule has 9 heteroatoms. The number of likely N-dealkylation sites (N-methyl/N-ethyl adjacent to an activating group) is 1. The summed E-state index contributed by atoms with van der Waals surface area (Å²) in [5.41, 5.74) is 0.590. The van der Waals surface area contributed by atoms with Gasteiger partial charge >= 0.3 is 0 Å². The maximum Gasteiger partial charge on any atom is 0.238 e. The first-order valence-corrected chi connectivity index (χ1v) is 9.86. The van der Waals surface area contributed by atoms with Crippen molar-refractivity contribution in [3.63, 3.8) is 0 Å². The van der Waals surface area contributed by atoms with Crippen molar-refractivity contribution in [1.29, 1.82) is 0 Å². The Kier molecular flexibility index (Phi) is 7.57. The van der Waals surface area contributed by atoms with E-state index in [4.69, 9.17) is 0 Å². The predicted octanol–water partition coefficient (Wildman–Crippen LogP) is 3.84. The molecule has 33 heavy (non-hydrogen) atoms. The molecule has 0 heterocycles. The Morgan fingerprint density at radius 2 is 1.30 bits per heavy atom. The van der Waals surface area contributed by atoms with Gasteiger partial charge in [0, 0.05) is 11.1 Å². The molecule has 0 spiro atoms. The minimum Gasteiger partial charge on any atom is -0.324 e. The standard InChI is InChI=1S/C24H20F3N3O3/c1-30(14-21(32)29-19-12-11-17(25)22(26)23(19)27)13-20(31)28-18-10-6-5-9-16(18)24(33)15-7-3-2-4-8-15/h2-12H,13-14H2,1H3,(H,28,31)(H,29,32). The molecule has 2 amide bonds. The molecule has 0 unspecified atom stereocenters. The number of hydrogen-bond acceptors (Lipinski definition) is 4. The number of benzene rings is 3. The number of amides is 2. The summed E-state index contributed by atoms with van der Waals surface area (Å²) < 4.78 is 40.0. The highest BCUT2D eigenvalue weighted by Gasteiger charge is 2.18. The zero-order chi connectivity index (χ0) is 24.0. The van der Waals surface area contributed by atoms with Crippen LogP contribution in [-0.2, 0) is 9.59 Å². The van der Waals surface area contributed by atoms with Crippen LogP contribution in [0.25, 0.3) is 0 Å². The predicted molar refractivity (Wildman–Crippen MR) is 117 cm³/mol. The molecule has 0 aliphatic carbocycles. The number of halogens is 3. The minimum atomic E-state index is -1.69. The van der Waals surface area contributed by atoms with Crippen molar-refractivity contribution in [1.82, 2.24) is 4.90 Å². The van der Waals surface area contributed by atoms with Crippen LogP contribution in [0.15, 0.2) is 66.7 Å². The van der Waals surface area contributed by atoms with Gasteiger partial charge in [-0.2, -0.15) is 0 Å². The van der Waals surface area contributed by atoms with E-state index in [1.165, 1.54) is 11.9 Å². The Hall–Kier alpha value is -3.98. The molecule has 0 aromatic heterocycles. The van der Waals surface area contributed by atoms with E-state index in [1.807, 2.05) is 0 Å². The highest BCUT2D eigenvalue weighted by atomic mass is 19.2. The number of para-hydroxylation sites is 1. The first-order chi connectivity index (χ1) is 15.8. The Balaban J connectivity index is 1.59. The molecule has 0 fully saturated rings. The average molecular weight is 455 g/mol. The summed E-state index contributed by atoms with van der Waals surface area (Å²) in [6, 6.07) is 16.7. The first kappa shape index (κ1) is 23.7. The summed E-state index contributed by atoms with van der Waals surface area (Å²) in [7, 11) is 1.47. The van der Waals surface area contributed by atoms with Crippen molar-refractivity contribution in [2.45, 2.75) is 0 Å². The lowest BCUT2D eigenvalue weighted by Gasteiger charge is -2.17. The fourth-order valence-corrected chi connectivity index (χ4v) is 3.08. The van der Waals surface area contributed by atoms with Crippen molar-refractivity contribution in [3.8, 4) is 0 Å². The molecular weight excluding hydrogens is 435 g/mol. The van der Waals surface area contributed by atoms with Crippen LogP contribution in [0, 0.1) is 17.5 Å². The van der Waals surface area contributed by atoms with E-state index in [-0.39, 0.29) is 18.9 Å². The van der Waals surface area contributed by atoms with Crippen molar-refractivity contribution in [3.05, 3.63) is 95.3 Å². The molecule has 0 saturated carbocycles. The quantitative estimate of drug-likeness (QED) is 0.400. The molecule has 0 radical (unpaired) electrons. The summed E-state index contributed by atoms with van der Waals surface area (Å²) in [6.45, 7) is -0.544. The molecule has 3 aromatic carbocycles. The van der Waals surface area contributed by atoms with Gasteiger partial charge in [0.2, 0.25) is 11.8 Å². The van der Waals surface area contributed by atoms with Crippen LogP contribution < -0.4 is 10.6 Å². The van der Waals surface area contributed by atoms with E-state index in [2.05, 4.69) is 10.6 Å². The lowest BCUT2D eigenvalue weighted by atomic mass is 10.0. The third-order valence-corrected chi connectivity index (χ3v) is 4.62. The number of carbonyl (C=O) groups is 3. The molecule has 2 N–H and O–H groups in total. The lowest BCUT2D eigenvalue weighted by molar-refractivity contribution is -0.119. The highest BCUT2D eigenvalue weighted by Crippen LogP contribution is 2.20. The average Bonchev–Trinajstić information content (AvgIpc) is 2.79. The number of nitrogens with one attached hydrogen (secondary N) is 2. The molecule has 3 rings (SSSR count). The molecule has 3 aromatic rings. The van der Waals surface area contributed by atoms with Gasteiger partial charge in [0.25, 0.3) is 0 Å². The van der Waals surface area contributed by atoms with Gasteiger partial charge < -0.3 is 10.6 Å². The largest absolute Gasteiger partial charge is 0.324 e. The first-order valence-electron chi connectivity index (χ1n) is 9.86. The number of ketones is 1. The third kappa shape index (κ3) is 6.05. The van der Waals surface area contributed by atoms with Crippen molar-refractivity contribution in [2.75, 3.05) is 30.8 Å². The van der Waals surface area contributed by atoms with E-state index < -0.39 is 35.0 Å². The van der Waals surface area contributed by atoms with Gasteiger partial charge in [-0.05, 0) is 31.3 Å². The monoisotopic (exact) mass is 455 g/mol. The topological polar surface area (TPSA) is 78.5 Å². The fraction of sp³-hybridized carbons (Fsp3) is 0.125. The molecule has 0 atom stereocenters. The Morgan fingerprint density at radius 1 is 0.727 bits per heavy atom. The summed E-state index contributed by atoms with van der Waals surface area (Å²) in [6.07, 6.45) is 0. The lowest BCUT2D eigenvalue weighted by Crippen LogP contribution is -2.36. The van der Waals surface area contributed by atoms with Gasteiger partial charge in [-0.25, -0.2) is 13.2 Å². The second kappa shape index (κ2) is 10.6.